The van der Waals surface area contributed by atoms with Gasteiger partial charge in [0, 0.05) is 6.04 Å². The maximum Gasteiger partial charge on any atom is 0.137 e. The van der Waals surface area contributed by atoms with Crippen molar-refractivity contribution in [2.45, 2.75) is 45.1 Å². The predicted molar refractivity (Wildman–Crippen MR) is 77.2 cm³/mol. The number of nitrogens with one attached hydrogen (secondary N) is 1. The summed E-state index contributed by atoms with van der Waals surface area (Å²) in [6.07, 6.45) is 6.10. The molecule has 3 heteroatoms. The van der Waals surface area contributed by atoms with Gasteiger partial charge < -0.3 is 5.32 Å². The second kappa shape index (κ2) is 6.67. The van der Waals surface area contributed by atoms with Crippen LogP contribution in [0, 0.1) is 11.7 Å². The molecule has 0 amide bonds. The van der Waals surface area contributed by atoms with E-state index in [0.29, 0.717) is 10.5 Å². The number of halogens is 2. The summed E-state index contributed by atoms with van der Waals surface area (Å²) in [4.78, 5) is 0. The van der Waals surface area contributed by atoms with Crippen LogP contribution in [0.2, 0.25) is 0 Å². The highest BCUT2D eigenvalue weighted by molar-refractivity contribution is 9.10. The van der Waals surface area contributed by atoms with Crippen LogP contribution in [0.3, 0.4) is 0 Å². The Morgan fingerprint density at radius 1 is 1.39 bits per heavy atom. The van der Waals surface area contributed by atoms with Crippen molar-refractivity contribution in [1.29, 1.82) is 0 Å². The van der Waals surface area contributed by atoms with Gasteiger partial charge in [-0.05, 0) is 78.2 Å². The molecule has 2 rings (SSSR count). The Hall–Kier alpha value is -0.410. The van der Waals surface area contributed by atoms with Crippen molar-refractivity contribution in [2.75, 3.05) is 6.54 Å². The van der Waals surface area contributed by atoms with E-state index in [9.17, 15) is 4.39 Å². The Morgan fingerprint density at radius 2 is 2.22 bits per heavy atom. The van der Waals surface area contributed by atoms with E-state index in [0.717, 1.165) is 18.9 Å². The van der Waals surface area contributed by atoms with Gasteiger partial charge >= 0.3 is 0 Å². The zero-order valence-corrected chi connectivity index (χ0v) is 12.5. The molecule has 1 nitrogen and oxygen atoms in total. The van der Waals surface area contributed by atoms with E-state index in [2.05, 4.69) is 28.2 Å². The van der Waals surface area contributed by atoms with Gasteiger partial charge in [-0.25, -0.2) is 4.39 Å². The molecular formula is C15H21BrFN. The first-order valence-electron chi connectivity index (χ1n) is 6.86. The van der Waals surface area contributed by atoms with Crippen LogP contribution in [-0.2, 0) is 6.42 Å². The first-order valence-corrected chi connectivity index (χ1v) is 7.65. The second-order valence-corrected chi connectivity index (χ2v) is 6.14. The maximum atomic E-state index is 13.2. The highest BCUT2D eigenvalue weighted by Crippen LogP contribution is 2.29. The van der Waals surface area contributed by atoms with Crippen LogP contribution >= 0.6 is 15.9 Å². The number of benzene rings is 1. The minimum atomic E-state index is -0.173. The first kappa shape index (κ1) is 14.0. The molecule has 0 aromatic heterocycles. The Bertz CT molecular complexity index is 394. The van der Waals surface area contributed by atoms with Gasteiger partial charge in [-0.1, -0.05) is 13.0 Å². The highest BCUT2D eigenvalue weighted by atomic mass is 79.9. The minimum Gasteiger partial charge on any atom is -0.314 e. The quantitative estimate of drug-likeness (QED) is 0.854. The van der Waals surface area contributed by atoms with Crippen LogP contribution in [-0.4, -0.2) is 12.6 Å². The van der Waals surface area contributed by atoms with Gasteiger partial charge in [0.05, 0.1) is 4.47 Å². The average molecular weight is 314 g/mol. The molecule has 1 aromatic carbocycles. The van der Waals surface area contributed by atoms with Crippen molar-refractivity contribution in [2.24, 2.45) is 5.92 Å². The summed E-state index contributed by atoms with van der Waals surface area (Å²) in [5.41, 5.74) is 1.24. The number of hydrogen-bond donors (Lipinski definition) is 1. The van der Waals surface area contributed by atoms with Crippen molar-refractivity contribution in [3.8, 4) is 0 Å². The maximum absolute atomic E-state index is 13.2. The first-order chi connectivity index (χ1) is 8.69. The van der Waals surface area contributed by atoms with Crippen LogP contribution in [0.25, 0.3) is 0 Å². The molecule has 2 atom stereocenters. The van der Waals surface area contributed by atoms with Crippen LogP contribution in [0.1, 0.15) is 38.2 Å². The van der Waals surface area contributed by atoms with Crippen LogP contribution in [0.4, 0.5) is 4.39 Å². The summed E-state index contributed by atoms with van der Waals surface area (Å²) < 4.78 is 13.7. The summed E-state index contributed by atoms with van der Waals surface area (Å²) in [5.74, 6) is 0.573. The Labute approximate surface area is 117 Å². The lowest BCUT2D eigenvalue weighted by Gasteiger charge is -2.13. The summed E-state index contributed by atoms with van der Waals surface area (Å²) in [7, 11) is 0. The molecule has 1 N–H and O–H groups in total. The monoisotopic (exact) mass is 313 g/mol. The van der Waals surface area contributed by atoms with Crippen molar-refractivity contribution >= 4 is 15.9 Å². The standard InChI is InChI=1S/C15H21BrFN/c1-2-7-18-13-5-3-11(9-13)8-12-4-6-15(17)14(16)10-12/h4,6,10-11,13,18H,2-3,5,7-9H2,1H3. The summed E-state index contributed by atoms with van der Waals surface area (Å²) in [6.45, 7) is 3.33. The molecule has 2 unspecified atom stereocenters. The van der Waals surface area contributed by atoms with E-state index in [1.807, 2.05) is 12.1 Å². The average Bonchev–Trinajstić information content (AvgIpc) is 2.79. The van der Waals surface area contributed by atoms with Crippen molar-refractivity contribution < 1.29 is 4.39 Å². The van der Waals surface area contributed by atoms with Crippen LogP contribution in [0.15, 0.2) is 22.7 Å². The highest BCUT2D eigenvalue weighted by Gasteiger charge is 2.24. The molecule has 1 saturated carbocycles. The largest absolute Gasteiger partial charge is 0.314 e. The van der Waals surface area contributed by atoms with Gasteiger partial charge in [-0.15, -0.1) is 0 Å². The normalized spacial score (nSPS) is 23.5. The third-order valence-electron chi connectivity index (χ3n) is 3.73. The van der Waals surface area contributed by atoms with Gasteiger partial charge in [0.25, 0.3) is 0 Å². The molecule has 1 aliphatic rings. The van der Waals surface area contributed by atoms with Gasteiger partial charge in [0.15, 0.2) is 0 Å². The number of hydrogen-bond acceptors (Lipinski definition) is 1. The number of rotatable bonds is 5. The van der Waals surface area contributed by atoms with Gasteiger partial charge in [-0.3, -0.25) is 0 Å². The van der Waals surface area contributed by atoms with Gasteiger partial charge in [0.2, 0.25) is 0 Å². The lowest BCUT2D eigenvalue weighted by Crippen LogP contribution is -2.27. The fraction of sp³-hybridized carbons (Fsp3) is 0.600. The summed E-state index contributed by atoms with van der Waals surface area (Å²) >= 11 is 3.25. The fourth-order valence-corrected chi connectivity index (χ4v) is 3.22. The van der Waals surface area contributed by atoms with E-state index < -0.39 is 0 Å². The molecule has 0 aliphatic heterocycles. The minimum absolute atomic E-state index is 0.173. The second-order valence-electron chi connectivity index (χ2n) is 5.28. The van der Waals surface area contributed by atoms with E-state index in [4.69, 9.17) is 0 Å². The van der Waals surface area contributed by atoms with Crippen LogP contribution < -0.4 is 5.32 Å². The molecule has 0 spiro atoms. The zero-order chi connectivity index (χ0) is 13.0. The van der Waals surface area contributed by atoms with Crippen molar-refractivity contribution in [1.82, 2.24) is 5.32 Å². The molecule has 1 aliphatic carbocycles. The Kier molecular flexibility index (Phi) is 5.19. The molecule has 1 aromatic rings. The molecule has 18 heavy (non-hydrogen) atoms. The molecule has 0 saturated heterocycles. The van der Waals surface area contributed by atoms with Crippen molar-refractivity contribution in [3.05, 3.63) is 34.1 Å². The van der Waals surface area contributed by atoms with E-state index in [1.54, 1.807) is 6.07 Å². The predicted octanol–water partition coefficient (Wildman–Crippen LogP) is 4.30. The lowest BCUT2D eigenvalue weighted by molar-refractivity contribution is 0.484. The molecular weight excluding hydrogens is 293 g/mol. The van der Waals surface area contributed by atoms with Crippen LogP contribution in [0.5, 0.6) is 0 Å². The van der Waals surface area contributed by atoms with E-state index >= 15 is 0 Å². The van der Waals surface area contributed by atoms with Gasteiger partial charge in [0.1, 0.15) is 5.82 Å². The van der Waals surface area contributed by atoms with E-state index in [-0.39, 0.29) is 5.82 Å². The van der Waals surface area contributed by atoms with Gasteiger partial charge in [-0.2, -0.15) is 0 Å². The summed E-state index contributed by atoms with van der Waals surface area (Å²) in [5, 5.41) is 3.60. The SMILES string of the molecule is CCCNC1CCC(Cc2ccc(F)c(Br)c2)C1. The molecule has 100 valence electrons. The van der Waals surface area contributed by atoms with Crippen molar-refractivity contribution in [3.63, 3.8) is 0 Å². The Morgan fingerprint density at radius 3 is 2.94 bits per heavy atom. The van der Waals surface area contributed by atoms with E-state index in [1.165, 1.54) is 31.2 Å². The molecule has 0 bridgehead atoms. The fourth-order valence-electron chi connectivity index (χ4n) is 2.79. The summed E-state index contributed by atoms with van der Waals surface area (Å²) in [6, 6.07) is 6.08. The lowest BCUT2D eigenvalue weighted by atomic mass is 9.98. The smallest absolute Gasteiger partial charge is 0.137 e. The molecule has 0 radical (unpaired) electrons. The molecule has 1 fully saturated rings. The third-order valence-corrected chi connectivity index (χ3v) is 4.34. The topological polar surface area (TPSA) is 12.0 Å². The zero-order valence-electron chi connectivity index (χ0n) is 10.9. The Balaban J connectivity index is 1.85. The third kappa shape index (κ3) is 3.79. The molecule has 0 heterocycles.